The minimum atomic E-state index is 0.424. The van der Waals surface area contributed by atoms with Crippen molar-refractivity contribution in [1.82, 2.24) is 5.32 Å². The molecule has 0 fully saturated rings. The fraction of sp³-hybridized carbons (Fsp3) is 0.684. The van der Waals surface area contributed by atoms with Gasteiger partial charge < -0.3 is 20.5 Å². The zero-order chi connectivity index (χ0) is 16.9. The van der Waals surface area contributed by atoms with E-state index >= 15 is 0 Å². The number of ether oxygens (including phenoxy) is 2. The molecule has 0 aliphatic rings. The van der Waals surface area contributed by atoms with Gasteiger partial charge in [-0.15, -0.1) is 0 Å². The summed E-state index contributed by atoms with van der Waals surface area (Å²) >= 11 is 0. The monoisotopic (exact) mass is 322 g/mol. The van der Waals surface area contributed by atoms with E-state index in [4.69, 9.17) is 15.2 Å². The maximum Gasteiger partial charge on any atom is 0.142 e. The molecule has 0 radical (unpaired) electrons. The van der Waals surface area contributed by atoms with Crippen molar-refractivity contribution >= 4 is 5.69 Å². The average Bonchev–Trinajstić information content (AvgIpc) is 2.53. The molecule has 1 aromatic carbocycles. The molecule has 1 unspecified atom stereocenters. The molecule has 3 N–H and O–H groups in total. The number of nitrogen functional groups attached to an aromatic ring is 1. The van der Waals surface area contributed by atoms with Gasteiger partial charge in [0.15, 0.2) is 0 Å². The molecule has 0 bridgehead atoms. The molecule has 1 atom stereocenters. The summed E-state index contributed by atoms with van der Waals surface area (Å²) < 4.78 is 11.2. The van der Waals surface area contributed by atoms with Gasteiger partial charge in [0.05, 0.1) is 12.3 Å². The van der Waals surface area contributed by atoms with E-state index in [9.17, 15) is 0 Å². The number of hydrogen-bond donors (Lipinski definition) is 2. The first-order chi connectivity index (χ1) is 11.2. The Kier molecular flexibility index (Phi) is 10.5. The molecule has 23 heavy (non-hydrogen) atoms. The molecule has 0 aliphatic carbocycles. The van der Waals surface area contributed by atoms with E-state index in [0.717, 1.165) is 56.9 Å². The van der Waals surface area contributed by atoms with Crippen LogP contribution in [-0.2, 0) is 11.2 Å². The maximum atomic E-state index is 6.06. The minimum absolute atomic E-state index is 0.424. The zero-order valence-electron chi connectivity index (χ0n) is 15.1. The number of nitrogens with two attached hydrogens (primary N) is 1. The number of unbranched alkanes of at least 4 members (excludes halogenated alkanes) is 1. The number of hydrogen-bond acceptors (Lipinski definition) is 4. The predicted octanol–water partition coefficient (Wildman–Crippen LogP) is 3.79. The van der Waals surface area contributed by atoms with Crippen molar-refractivity contribution in [3.8, 4) is 5.75 Å². The summed E-state index contributed by atoms with van der Waals surface area (Å²) in [4.78, 5) is 0. The van der Waals surface area contributed by atoms with Gasteiger partial charge >= 0.3 is 0 Å². The molecule has 0 aromatic heterocycles. The van der Waals surface area contributed by atoms with Gasteiger partial charge in [0, 0.05) is 19.3 Å². The van der Waals surface area contributed by atoms with Crippen molar-refractivity contribution < 1.29 is 9.47 Å². The van der Waals surface area contributed by atoms with Crippen LogP contribution in [0.1, 0.15) is 52.0 Å². The molecule has 0 spiro atoms. The van der Waals surface area contributed by atoms with Gasteiger partial charge in [-0.3, -0.25) is 0 Å². The Hall–Kier alpha value is -1.26. The van der Waals surface area contributed by atoms with Crippen molar-refractivity contribution in [2.45, 2.75) is 58.9 Å². The first kappa shape index (κ1) is 19.8. The molecule has 4 nitrogen and oxygen atoms in total. The Bertz CT molecular complexity index is 424. The lowest BCUT2D eigenvalue weighted by atomic mass is 10.1. The van der Waals surface area contributed by atoms with Gasteiger partial charge in [0.1, 0.15) is 5.75 Å². The topological polar surface area (TPSA) is 56.5 Å². The lowest BCUT2D eigenvalue weighted by Gasteiger charge is -2.15. The fourth-order valence-corrected chi connectivity index (χ4v) is 2.37. The molecular formula is C19H34N2O2. The molecule has 4 heteroatoms. The molecule has 1 aromatic rings. The smallest absolute Gasteiger partial charge is 0.142 e. The molecule has 132 valence electrons. The third-order valence-corrected chi connectivity index (χ3v) is 3.68. The number of benzene rings is 1. The van der Waals surface area contributed by atoms with Gasteiger partial charge in [-0.05, 0) is 56.8 Å². The largest absolute Gasteiger partial charge is 0.491 e. The Balaban J connectivity index is 2.23. The molecule has 0 saturated carbocycles. The van der Waals surface area contributed by atoms with Gasteiger partial charge in [-0.25, -0.2) is 0 Å². The Morgan fingerprint density at radius 2 is 1.87 bits per heavy atom. The Labute approximate surface area is 141 Å². The van der Waals surface area contributed by atoms with E-state index in [2.05, 4.69) is 32.2 Å². The highest BCUT2D eigenvalue weighted by Gasteiger charge is 2.06. The van der Waals surface area contributed by atoms with Crippen molar-refractivity contribution in [1.29, 1.82) is 0 Å². The van der Waals surface area contributed by atoms with E-state index < -0.39 is 0 Å². The lowest BCUT2D eigenvalue weighted by Crippen LogP contribution is -2.29. The van der Waals surface area contributed by atoms with Crippen LogP contribution in [0.25, 0.3) is 0 Å². The SMILES string of the molecule is CCCCOCCCNC(C)Cc1ccc(OCCC)c(N)c1. The highest BCUT2D eigenvalue weighted by molar-refractivity contribution is 5.54. The van der Waals surface area contributed by atoms with Crippen LogP contribution in [0, 0.1) is 0 Å². The highest BCUT2D eigenvalue weighted by atomic mass is 16.5. The summed E-state index contributed by atoms with van der Waals surface area (Å²) in [6, 6.07) is 6.53. The quantitative estimate of drug-likeness (QED) is 0.428. The summed E-state index contributed by atoms with van der Waals surface area (Å²) in [6.07, 6.45) is 5.36. The Morgan fingerprint density at radius 3 is 2.57 bits per heavy atom. The van der Waals surface area contributed by atoms with Crippen molar-refractivity contribution in [3.05, 3.63) is 23.8 Å². The van der Waals surface area contributed by atoms with E-state index in [1.165, 1.54) is 12.0 Å². The fourth-order valence-electron chi connectivity index (χ4n) is 2.37. The Morgan fingerprint density at radius 1 is 1.09 bits per heavy atom. The first-order valence-electron chi connectivity index (χ1n) is 8.99. The maximum absolute atomic E-state index is 6.06. The van der Waals surface area contributed by atoms with Gasteiger partial charge in [0.25, 0.3) is 0 Å². The third kappa shape index (κ3) is 8.82. The molecule has 0 heterocycles. The van der Waals surface area contributed by atoms with Crippen LogP contribution in [-0.4, -0.2) is 32.4 Å². The van der Waals surface area contributed by atoms with Gasteiger partial charge in [0.2, 0.25) is 0 Å². The normalized spacial score (nSPS) is 12.3. The second-order valence-electron chi connectivity index (χ2n) is 6.10. The van der Waals surface area contributed by atoms with Crippen LogP contribution >= 0.6 is 0 Å². The predicted molar refractivity (Wildman–Crippen MR) is 98.2 cm³/mol. The van der Waals surface area contributed by atoms with Gasteiger partial charge in [-0.1, -0.05) is 26.3 Å². The van der Waals surface area contributed by atoms with Crippen LogP contribution in [0.4, 0.5) is 5.69 Å². The summed E-state index contributed by atoms with van der Waals surface area (Å²) in [5, 5.41) is 3.54. The molecular weight excluding hydrogens is 288 g/mol. The standard InChI is InChI=1S/C19H34N2O2/c1-4-6-12-22-13-7-10-21-16(3)14-17-8-9-19(18(20)15-17)23-11-5-2/h8-9,15-16,21H,4-7,10-14,20H2,1-3H3. The van der Waals surface area contributed by atoms with E-state index in [1.54, 1.807) is 0 Å². The second kappa shape index (κ2) is 12.2. The van der Waals surface area contributed by atoms with Crippen LogP contribution in [0.5, 0.6) is 5.75 Å². The minimum Gasteiger partial charge on any atom is -0.491 e. The summed E-state index contributed by atoms with van der Waals surface area (Å²) in [5.74, 6) is 0.792. The molecule has 1 rings (SSSR count). The average molecular weight is 322 g/mol. The summed E-state index contributed by atoms with van der Waals surface area (Å²) in [5.41, 5.74) is 8.03. The van der Waals surface area contributed by atoms with E-state index in [1.807, 2.05) is 12.1 Å². The van der Waals surface area contributed by atoms with Crippen LogP contribution < -0.4 is 15.8 Å². The van der Waals surface area contributed by atoms with E-state index in [-0.39, 0.29) is 0 Å². The number of anilines is 1. The van der Waals surface area contributed by atoms with Crippen molar-refractivity contribution in [2.75, 3.05) is 32.1 Å². The van der Waals surface area contributed by atoms with Crippen LogP contribution in [0.2, 0.25) is 0 Å². The summed E-state index contributed by atoms with van der Waals surface area (Å²) in [7, 11) is 0. The number of nitrogens with one attached hydrogen (secondary N) is 1. The first-order valence-corrected chi connectivity index (χ1v) is 8.99. The highest BCUT2D eigenvalue weighted by Crippen LogP contribution is 2.23. The van der Waals surface area contributed by atoms with Crippen molar-refractivity contribution in [3.63, 3.8) is 0 Å². The van der Waals surface area contributed by atoms with Gasteiger partial charge in [-0.2, -0.15) is 0 Å². The van der Waals surface area contributed by atoms with Crippen molar-refractivity contribution in [2.24, 2.45) is 0 Å². The van der Waals surface area contributed by atoms with E-state index in [0.29, 0.717) is 12.6 Å². The summed E-state index contributed by atoms with van der Waals surface area (Å²) in [6.45, 7) is 9.90. The van der Waals surface area contributed by atoms with Crippen LogP contribution in [0.15, 0.2) is 18.2 Å². The third-order valence-electron chi connectivity index (χ3n) is 3.68. The second-order valence-corrected chi connectivity index (χ2v) is 6.10. The molecule has 0 amide bonds. The van der Waals surface area contributed by atoms with Crippen LogP contribution in [0.3, 0.4) is 0 Å². The molecule has 0 saturated heterocycles. The molecule has 0 aliphatic heterocycles. The number of rotatable bonds is 13. The zero-order valence-corrected chi connectivity index (χ0v) is 15.1. The lowest BCUT2D eigenvalue weighted by molar-refractivity contribution is 0.128.